The van der Waals surface area contributed by atoms with Crippen molar-refractivity contribution in [1.82, 2.24) is 0 Å². The topological polar surface area (TPSA) is 3.88 Å². The van der Waals surface area contributed by atoms with E-state index in [1.54, 1.807) is 6.92 Å². The normalized spacial score (nSPS) is 14.8. The molecule has 21 heavy (non-hydrogen) atoms. The number of aryl methyl sites for hydroxylation is 2. The molecule has 0 spiro atoms. The Bertz CT molecular complexity index is 660. The summed E-state index contributed by atoms with van der Waals surface area (Å²) in [7, 11) is 1.84. The second kappa shape index (κ2) is 5.13. The van der Waals surface area contributed by atoms with E-state index in [0.29, 0.717) is 12.5 Å². The average Bonchev–Trinajstić information content (AvgIpc) is 2.38. The van der Waals surface area contributed by atoms with Gasteiger partial charge in [0.25, 0.3) is 0 Å². The van der Waals surface area contributed by atoms with Gasteiger partial charge in [-0.25, -0.2) is 8.96 Å². The number of rotatable bonds is 2. The van der Waals surface area contributed by atoms with Crippen LogP contribution in [-0.2, 0) is 12.7 Å². The minimum absolute atomic E-state index is 0.380. The average molecular weight is 298 g/mol. The second-order valence-corrected chi connectivity index (χ2v) is 5.23. The highest BCUT2D eigenvalue weighted by Gasteiger charge is 2.53. The van der Waals surface area contributed by atoms with Gasteiger partial charge in [0.2, 0.25) is 11.4 Å². The highest BCUT2D eigenvalue weighted by Crippen LogP contribution is 2.42. The van der Waals surface area contributed by atoms with Crippen molar-refractivity contribution in [2.24, 2.45) is 7.05 Å². The number of nitrogens with zero attached hydrogens (tertiary/aromatic N) is 1. The summed E-state index contributed by atoms with van der Waals surface area (Å²) in [6.07, 6.45) is -3.09. The van der Waals surface area contributed by atoms with Gasteiger partial charge < -0.3 is 0 Å². The standard InChI is InChI=1S/C16H16F4N/c1-11-10-12(15(2,17)16(18,19)20)7-8-13(11)14-6-4-5-9-21(14)3/h4-10H,1-3H3/q+1. The summed E-state index contributed by atoms with van der Waals surface area (Å²) in [6, 6.07) is 9.55. The zero-order valence-electron chi connectivity index (χ0n) is 12.0. The molecule has 0 N–H and O–H groups in total. The van der Waals surface area contributed by atoms with Gasteiger partial charge in [-0.1, -0.05) is 12.1 Å². The first-order valence-electron chi connectivity index (χ1n) is 6.46. The number of hydrogen-bond acceptors (Lipinski definition) is 0. The Morgan fingerprint density at radius 3 is 2.19 bits per heavy atom. The van der Waals surface area contributed by atoms with Gasteiger partial charge in [-0.3, -0.25) is 0 Å². The van der Waals surface area contributed by atoms with E-state index in [1.807, 2.05) is 36.0 Å². The Balaban J connectivity index is 2.51. The fourth-order valence-electron chi connectivity index (χ4n) is 2.21. The monoisotopic (exact) mass is 298 g/mol. The van der Waals surface area contributed by atoms with Gasteiger partial charge in [-0.05, 0) is 37.1 Å². The van der Waals surface area contributed by atoms with Crippen molar-refractivity contribution in [2.75, 3.05) is 0 Å². The van der Waals surface area contributed by atoms with Crippen molar-refractivity contribution >= 4 is 0 Å². The van der Waals surface area contributed by atoms with Crippen LogP contribution in [0.5, 0.6) is 0 Å². The van der Waals surface area contributed by atoms with Crippen LogP contribution in [-0.4, -0.2) is 6.18 Å². The Morgan fingerprint density at radius 1 is 1.00 bits per heavy atom. The summed E-state index contributed by atoms with van der Waals surface area (Å²) in [5.74, 6) is 0. The first kappa shape index (κ1) is 15.5. The van der Waals surface area contributed by atoms with Crippen LogP contribution in [0, 0.1) is 6.92 Å². The lowest BCUT2D eigenvalue weighted by Gasteiger charge is -2.24. The zero-order chi connectivity index (χ0) is 15.8. The molecule has 0 saturated carbocycles. The fraction of sp³-hybridized carbons (Fsp3) is 0.312. The highest BCUT2D eigenvalue weighted by molar-refractivity contribution is 5.61. The molecule has 112 valence electrons. The van der Waals surface area contributed by atoms with Crippen LogP contribution in [0.4, 0.5) is 17.6 Å². The molecule has 5 heteroatoms. The minimum atomic E-state index is -4.93. The molecule has 0 aliphatic heterocycles. The predicted octanol–water partition coefficient (Wildman–Crippen LogP) is 4.23. The molecule has 0 amide bonds. The van der Waals surface area contributed by atoms with Crippen LogP contribution in [0.2, 0.25) is 0 Å². The molecular weight excluding hydrogens is 282 g/mol. The molecule has 1 nitrogen and oxygen atoms in total. The van der Waals surface area contributed by atoms with Gasteiger partial charge in [0.05, 0.1) is 0 Å². The van der Waals surface area contributed by atoms with Gasteiger partial charge >= 0.3 is 6.18 Å². The van der Waals surface area contributed by atoms with Crippen LogP contribution in [0.25, 0.3) is 11.3 Å². The summed E-state index contributed by atoms with van der Waals surface area (Å²) in [4.78, 5) is 0. The number of hydrogen-bond donors (Lipinski definition) is 0. The van der Waals surface area contributed by atoms with Crippen LogP contribution in [0.3, 0.4) is 0 Å². The Morgan fingerprint density at radius 2 is 1.67 bits per heavy atom. The van der Waals surface area contributed by atoms with E-state index in [4.69, 9.17) is 0 Å². The van der Waals surface area contributed by atoms with Gasteiger partial charge in [0.15, 0.2) is 6.20 Å². The smallest absolute Gasteiger partial charge is 0.229 e. The Kier molecular flexibility index (Phi) is 3.78. The predicted molar refractivity (Wildman–Crippen MR) is 72.3 cm³/mol. The molecule has 2 aromatic rings. The van der Waals surface area contributed by atoms with E-state index in [2.05, 4.69) is 0 Å². The maximum absolute atomic E-state index is 14.0. The van der Waals surface area contributed by atoms with Crippen molar-refractivity contribution in [3.8, 4) is 11.3 Å². The number of halogens is 4. The molecule has 1 heterocycles. The maximum atomic E-state index is 14.0. The van der Waals surface area contributed by atoms with E-state index in [0.717, 1.165) is 11.3 Å². The van der Waals surface area contributed by atoms with E-state index in [9.17, 15) is 17.6 Å². The van der Waals surface area contributed by atoms with Crippen molar-refractivity contribution in [2.45, 2.75) is 25.7 Å². The highest BCUT2D eigenvalue weighted by atomic mass is 19.4. The third-order valence-electron chi connectivity index (χ3n) is 3.63. The van der Waals surface area contributed by atoms with Crippen molar-refractivity contribution in [1.29, 1.82) is 0 Å². The molecule has 0 radical (unpaired) electrons. The molecular formula is C16H16F4N+. The van der Waals surface area contributed by atoms with Crippen LogP contribution >= 0.6 is 0 Å². The summed E-state index contributed by atoms with van der Waals surface area (Å²) < 4.78 is 54.1. The van der Waals surface area contributed by atoms with Gasteiger partial charge in [-0.2, -0.15) is 13.2 Å². The second-order valence-electron chi connectivity index (χ2n) is 5.23. The zero-order valence-corrected chi connectivity index (χ0v) is 12.0. The SMILES string of the molecule is Cc1cc(C(C)(F)C(F)(F)F)ccc1-c1cccc[n+]1C. The van der Waals surface area contributed by atoms with Crippen molar-refractivity contribution < 1.29 is 22.1 Å². The number of pyridine rings is 1. The molecule has 2 rings (SSSR count). The minimum Gasteiger partial charge on any atom is -0.229 e. The molecule has 1 aromatic heterocycles. The van der Waals surface area contributed by atoms with Crippen LogP contribution < -0.4 is 4.57 Å². The quantitative estimate of drug-likeness (QED) is 0.577. The molecule has 0 aliphatic rings. The molecule has 0 aliphatic carbocycles. The van der Waals surface area contributed by atoms with E-state index in [1.165, 1.54) is 18.2 Å². The summed E-state index contributed by atoms with van der Waals surface area (Å²) in [5, 5.41) is 0. The molecule has 0 bridgehead atoms. The number of alkyl halides is 4. The lowest BCUT2D eigenvalue weighted by atomic mass is 9.92. The lowest BCUT2D eigenvalue weighted by molar-refractivity contribution is -0.660. The van der Waals surface area contributed by atoms with Crippen molar-refractivity contribution in [3.05, 3.63) is 53.7 Å². The lowest BCUT2D eigenvalue weighted by Crippen LogP contribution is -2.35. The Labute approximate surface area is 120 Å². The number of benzene rings is 1. The van der Waals surface area contributed by atoms with Crippen LogP contribution in [0.1, 0.15) is 18.1 Å². The van der Waals surface area contributed by atoms with Gasteiger partial charge in [0, 0.05) is 17.7 Å². The van der Waals surface area contributed by atoms with Crippen LogP contribution in [0.15, 0.2) is 42.6 Å². The van der Waals surface area contributed by atoms with E-state index in [-0.39, 0.29) is 5.56 Å². The molecule has 0 saturated heterocycles. The summed E-state index contributed by atoms with van der Waals surface area (Å²) in [5.41, 5.74) is -1.50. The molecule has 0 fully saturated rings. The number of aromatic nitrogens is 1. The Hall–Kier alpha value is -1.91. The molecule has 1 atom stereocenters. The van der Waals surface area contributed by atoms with E-state index < -0.39 is 11.8 Å². The summed E-state index contributed by atoms with van der Waals surface area (Å²) in [6.45, 7) is 2.22. The van der Waals surface area contributed by atoms with E-state index >= 15 is 0 Å². The summed E-state index contributed by atoms with van der Waals surface area (Å²) >= 11 is 0. The first-order chi connectivity index (χ1) is 9.64. The maximum Gasteiger partial charge on any atom is 0.426 e. The first-order valence-corrected chi connectivity index (χ1v) is 6.46. The molecule has 1 unspecified atom stereocenters. The third-order valence-corrected chi connectivity index (χ3v) is 3.63. The van der Waals surface area contributed by atoms with Crippen molar-refractivity contribution in [3.63, 3.8) is 0 Å². The third kappa shape index (κ3) is 2.77. The molecule has 1 aromatic carbocycles. The largest absolute Gasteiger partial charge is 0.426 e. The van der Waals surface area contributed by atoms with Gasteiger partial charge in [-0.15, -0.1) is 0 Å². The fourth-order valence-corrected chi connectivity index (χ4v) is 2.21. The van der Waals surface area contributed by atoms with Gasteiger partial charge in [0.1, 0.15) is 7.05 Å².